The molecule has 2 amide bonds. The van der Waals surface area contributed by atoms with E-state index in [4.69, 9.17) is 0 Å². The molecule has 1 saturated heterocycles. The van der Waals surface area contributed by atoms with E-state index in [1.165, 1.54) is 5.56 Å². The Morgan fingerprint density at radius 1 is 1.33 bits per heavy atom. The van der Waals surface area contributed by atoms with E-state index in [1.54, 1.807) is 11.8 Å². The number of amides is 2. The van der Waals surface area contributed by atoms with Gasteiger partial charge in [0.1, 0.15) is 0 Å². The molecular weight excluding hydrogens is 268 g/mol. The monoisotopic (exact) mass is 290 g/mol. The second-order valence-corrected chi connectivity index (χ2v) is 5.91. The van der Waals surface area contributed by atoms with E-state index in [1.807, 2.05) is 24.3 Å². The minimum Gasteiger partial charge on any atom is -0.481 e. The summed E-state index contributed by atoms with van der Waals surface area (Å²) in [4.78, 5) is 24.9. The second-order valence-electron chi connectivity index (χ2n) is 5.91. The lowest BCUT2D eigenvalue weighted by atomic mass is 9.90. The molecule has 0 radical (unpaired) electrons. The molecule has 2 N–H and O–H groups in total. The van der Waals surface area contributed by atoms with Gasteiger partial charge in [0, 0.05) is 18.8 Å². The number of rotatable bonds is 4. The highest BCUT2D eigenvalue weighted by molar-refractivity contribution is 5.90. The van der Waals surface area contributed by atoms with Crippen molar-refractivity contribution in [2.45, 2.75) is 33.1 Å². The largest absolute Gasteiger partial charge is 0.481 e. The average molecular weight is 290 g/mol. The number of aryl methyl sites for hydroxylation is 1. The number of nitrogens with one attached hydrogen (secondary N) is 1. The zero-order chi connectivity index (χ0) is 15.5. The molecule has 1 fully saturated rings. The van der Waals surface area contributed by atoms with E-state index in [-0.39, 0.29) is 12.6 Å². The van der Waals surface area contributed by atoms with Crippen LogP contribution in [0.1, 0.15) is 32.3 Å². The zero-order valence-electron chi connectivity index (χ0n) is 12.6. The molecule has 1 atom stereocenters. The number of carbonyl (C=O) groups is 2. The fourth-order valence-corrected chi connectivity index (χ4v) is 2.55. The molecule has 0 saturated carbocycles. The van der Waals surface area contributed by atoms with Crippen LogP contribution in [0.4, 0.5) is 10.5 Å². The lowest BCUT2D eigenvalue weighted by molar-refractivity contribution is -0.146. The van der Waals surface area contributed by atoms with Gasteiger partial charge in [-0.25, -0.2) is 4.79 Å². The van der Waals surface area contributed by atoms with Gasteiger partial charge >= 0.3 is 12.0 Å². The molecule has 0 aromatic heterocycles. The molecule has 1 aliphatic rings. The summed E-state index contributed by atoms with van der Waals surface area (Å²) in [5.41, 5.74) is 1.15. The van der Waals surface area contributed by atoms with Crippen molar-refractivity contribution in [1.29, 1.82) is 0 Å². The normalized spacial score (nSPS) is 21.3. The van der Waals surface area contributed by atoms with Crippen molar-refractivity contribution < 1.29 is 14.7 Å². The first kappa shape index (κ1) is 15.4. The molecule has 21 heavy (non-hydrogen) atoms. The Morgan fingerprint density at radius 3 is 2.52 bits per heavy atom. The van der Waals surface area contributed by atoms with Crippen LogP contribution < -0.4 is 5.32 Å². The third kappa shape index (κ3) is 3.54. The molecule has 1 unspecified atom stereocenters. The Labute approximate surface area is 125 Å². The smallest absolute Gasteiger partial charge is 0.321 e. The Morgan fingerprint density at radius 2 is 2.00 bits per heavy atom. The minimum atomic E-state index is -0.846. The SMILES string of the molecule is CCCc1ccc(NC(=O)N2CCC(C)(C(=O)O)C2)cc1. The zero-order valence-corrected chi connectivity index (χ0v) is 12.6. The summed E-state index contributed by atoms with van der Waals surface area (Å²) in [6.45, 7) is 4.54. The van der Waals surface area contributed by atoms with E-state index < -0.39 is 11.4 Å². The highest BCUT2D eigenvalue weighted by Crippen LogP contribution is 2.30. The van der Waals surface area contributed by atoms with Crippen LogP contribution in [0.3, 0.4) is 0 Å². The van der Waals surface area contributed by atoms with Gasteiger partial charge in [-0.2, -0.15) is 0 Å². The summed E-state index contributed by atoms with van der Waals surface area (Å²) in [6.07, 6.45) is 2.61. The summed E-state index contributed by atoms with van der Waals surface area (Å²) >= 11 is 0. The van der Waals surface area contributed by atoms with Crippen LogP contribution in [0.2, 0.25) is 0 Å². The quantitative estimate of drug-likeness (QED) is 0.895. The van der Waals surface area contributed by atoms with Crippen LogP contribution in [-0.2, 0) is 11.2 Å². The number of hydrogen-bond donors (Lipinski definition) is 2. The standard InChI is InChI=1S/C16H22N2O3/c1-3-4-12-5-7-13(8-6-12)17-15(21)18-10-9-16(2,11-18)14(19)20/h5-8H,3-4,9-11H2,1-2H3,(H,17,21)(H,19,20). The molecule has 0 spiro atoms. The number of carbonyl (C=O) groups excluding carboxylic acids is 1. The molecule has 1 aromatic rings. The average Bonchev–Trinajstić information content (AvgIpc) is 2.85. The van der Waals surface area contributed by atoms with Crippen LogP contribution in [0, 0.1) is 5.41 Å². The van der Waals surface area contributed by atoms with Gasteiger partial charge in [0.25, 0.3) is 0 Å². The molecule has 0 bridgehead atoms. The van der Waals surface area contributed by atoms with Gasteiger partial charge in [-0.3, -0.25) is 4.79 Å². The maximum absolute atomic E-state index is 12.2. The summed E-state index contributed by atoms with van der Waals surface area (Å²) in [5, 5.41) is 12.0. The molecule has 0 aliphatic carbocycles. The number of benzene rings is 1. The first-order chi connectivity index (χ1) is 9.94. The van der Waals surface area contributed by atoms with Crippen molar-refractivity contribution in [3.05, 3.63) is 29.8 Å². The second kappa shape index (κ2) is 6.16. The maximum Gasteiger partial charge on any atom is 0.321 e. The molecule has 5 nitrogen and oxygen atoms in total. The third-order valence-electron chi connectivity index (χ3n) is 4.02. The third-order valence-corrected chi connectivity index (χ3v) is 4.02. The van der Waals surface area contributed by atoms with Crippen molar-refractivity contribution in [2.75, 3.05) is 18.4 Å². The summed E-state index contributed by atoms with van der Waals surface area (Å²) in [7, 11) is 0. The Kier molecular flexibility index (Phi) is 4.50. The number of nitrogens with zero attached hydrogens (tertiary/aromatic N) is 1. The van der Waals surface area contributed by atoms with E-state index in [2.05, 4.69) is 12.2 Å². The van der Waals surface area contributed by atoms with Gasteiger partial charge in [0.15, 0.2) is 0 Å². The van der Waals surface area contributed by atoms with Crippen molar-refractivity contribution in [3.63, 3.8) is 0 Å². The molecule has 1 aromatic carbocycles. The minimum absolute atomic E-state index is 0.233. The number of carboxylic acid groups (broad SMARTS) is 1. The van der Waals surface area contributed by atoms with Crippen molar-refractivity contribution in [1.82, 2.24) is 4.90 Å². The molecule has 5 heteroatoms. The number of anilines is 1. The number of urea groups is 1. The van der Waals surface area contributed by atoms with Gasteiger partial charge in [-0.15, -0.1) is 0 Å². The summed E-state index contributed by atoms with van der Waals surface area (Å²) in [6, 6.07) is 7.54. The first-order valence-electron chi connectivity index (χ1n) is 7.33. The molecular formula is C16H22N2O3. The van der Waals surface area contributed by atoms with Crippen LogP contribution in [-0.4, -0.2) is 35.1 Å². The number of likely N-dealkylation sites (tertiary alicyclic amines) is 1. The Bertz CT molecular complexity index is 527. The number of aliphatic carboxylic acids is 1. The van der Waals surface area contributed by atoms with Gasteiger partial charge < -0.3 is 15.3 Å². The Balaban J connectivity index is 1.94. The highest BCUT2D eigenvalue weighted by atomic mass is 16.4. The van der Waals surface area contributed by atoms with E-state index in [0.29, 0.717) is 13.0 Å². The fourth-order valence-electron chi connectivity index (χ4n) is 2.55. The number of carboxylic acids is 1. The van der Waals surface area contributed by atoms with Crippen molar-refractivity contribution in [3.8, 4) is 0 Å². The number of hydrogen-bond acceptors (Lipinski definition) is 2. The predicted molar refractivity (Wildman–Crippen MR) is 81.4 cm³/mol. The topological polar surface area (TPSA) is 69.6 Å². The van der Waals surface area contributed by atoms with E-state index >= 15 is 0 Å². The van der Waals surface area contributed by atoms with Crippen LogP contribution in [0.25, 0.3) is 0 Å². The first-order valence-corrected chi connectivity index (χ1v) is 7.33. The van der Waals surface area contributed by atoms with Gasteiger partial charge in [0.2, 0.25) is 0 Å². The van der Waals surface area contributed by atoms with Gasteiger partial charge in [-0.1, -0.05) is 25.5 Å². The van der Waals surface area contributed by atoms with Crippen LogP contribution in [0.15, 0.2) is 24.3 Å². The molecule has 1 aliphatic heterocycles. The van der Waals surface area contributed by atoms with Crippen molar-refractivity contribution in [2.24, 2.45) is 5.41 Å². The molecule has 2 rings (SSSR count). The van der Waals surface area contributed by atoms with Gasteiger partial charge in [0.05, 0.1) is 5.41 Å². The highest BCUT2D eigenvalue weighted by Gasteiger charge is 2.42. The van der Waals surface area contributed by atoms with Crippen LogP contribution >= 0.6 is 0 Å². The Hall–Kier alpha value is -2.04. The van der Waals surface area contributed by atoms with E-state index in [0.717, 1.165) is 18.5 Å². The maximum atomic E-state index is 12.2. The lowest BCUT2D eigenvalue weighted by Gasteiger charge is -2.20. The van der Waals surface area contributed by atoms with Gasteiger partial charge in [-0.05, 0) is 37.5 Å². The van der Waals surface area contributed by atoms with E-state index in [9.17, 15) is 14.7 Å². The molecule has 1 heterocycles. The fraction of sp³-hybridized carbons (Fsp3) is 0.500. The lowest BCUT2D eigenvalue weighted by Crippen LogP contribution is -2.37. The van der Waals surface area contributed by atoms with Crippen molar-refractivity contribution >= 4 is 17.7 Å². The summed E-state index contributed by atoms with van der Waals surface area (Å²) < 4.78 is 0. The predicted octanol–water partition coefficient (Wildman–Crippen LogP) is 2.97. The van der Waals surface area contributed by atoms with Crippen LogP contribution in [0.5, 0.6) is 0 Å². The molecule has 114 valence electrons. The summed E-state index contributed by atoms with van der Waals surface area (Å²) in [5.74, 6) is -0.846.